The number of carbonyl (C=O) groups excluding carboxylic acids is 1. The van der Waals surface area contributed by atoms with Gasteiger partial charge < -0.3 is 9.84 Å². The third-order valence-electron chi connectivity index (χ3n) is 13.8. The Morgan fingerprint density at radius 2 is 1.57 bits per heavy atom. The average Bonchev–Trinajstić information content (AvgIpc) is 3.16. The Balaban J connectivity index is 1.53. The van der Waals surface area contributed by atoms with Crippen LogP contribution in [0.3, 0.4) is 0 Å². The lowest BCUT2D eigenvalue weighted by molar-refractivity contribution is -0.249. The molecule has 0 bridgehead atoms. The van der Waals surface area contributed by atoms with Crippen LogP contribution in [0.4, 0.5) is 0 Å². The first-order valence-electron chi connectivity index (χ1n) is 14.7. The van der Waals surface area contributed by atoms with Gasteiger partial charge in [-0.3, -0.25) is 4.79 Å². The molecular formula is C32H52O3. The Morgan fingerprint density at radius 1 is 0.857 bits per heavy atom. The molecule has 0 aliphatic heterocycles. The predicted molar refractivity (Wildman–Crippen MR) is 142 cm³/mol. The quantitative estimate of drug-likeness (QED) is 0.332. The normalized spacial score (nSPS) is 52.5. The highest BCUT2D eigenvalue weighted by molar-refractivity contribution is 5.65. The Bertz CT molecular complexity index is 891. The molecule has 3 nitrogen and oxygen atoms in total. The van der Waals surface area contributed by atoms with E-state index in [1.165, 1.54) is 63.4 Å². The van der Waals surface area contributed by atoms with Crippen molar-refractivity contribution in [3.8, 4) is 0 Å². The molecule has 0 saturated heterocycles. The molecule has 0 heterocycles. The fraction of sp³-hybridized carbons (Fsp3) is 0.906. The lowest BCUT2D eigenvalue weighted by Gasteiger charge is -2.73. The molecule has 5 rings (SSSR count). The third-order valence-corrected chi connectivity index (χ3v) is 13.8. The van der Waals surface area contributed by atoms with Gasteiger partial charge in [-0.2, -0.15) is 0 Å². The van der Waals surface area contributed by atoms with Gasteiger partial charge in [-0.15, -0.1) is 0 Å². The summed E-state index contributed by atoms with van der Waals surface area (Å²) in [4.78, 5) is 11.9. The minimum atomic E-state index is -0.164. The van der Waals surface area contributed by atoms with Crippen LogP contribution in [0.15, 0.2) is 12.2 Å². The van der Waals surface area contributed by atoms with Gasteiger partial charge in [0.05, 0.1) is 12.7 Å². The molecule has 0 radical (unpaired) electrons. The molecule has 35 heavy (non-hydrogen) atoms. The van der Waals surface area contributed by atoms with Crippen LogP contribution in [0.25, 0.3) is 0 Å². The number of allylic oxidation sites excluding steroid dienone is 1. The SMILES string of the molecule is C=C(C)[C@@H]1CC[C@]2(COC(C)=O)CC[C@]3(C)C(CCC4[C@@]5(C)CC[C@H](O)C(C)(C)C5CC[C@]43C)C12. The minimum absolute atomic E-state index is 0.00826. The maximum atomic E-state index is 11.9. The molecule has 0 aromatic carbocycles. The van der Waals surface area contributed by atoms with Crippen molar-refractivity contribution in [3.05, 3.63) is 12.2 Å². The molecule has 198 valence electrons. The summed E-state index contributed by atoms with van der Waals surface area (Å²) in [6.07, 6.45) is 12.0. The summed E-state index contributed by atoms with van der Waals surface area (Å²) < 4.78 is 5.79. The molecule has 5 fully saturated rings. The van der Waals surface area contributed by atoms with Crippen LogP contribution in [-0.4, -0.2) is 23.8 Å². The van der Waals surface area contributed by atoms with E-state index in [1.807, 2.05) is 0 Å². The first-order valence-corrected chi connectivity index (χ1v) is 14.7. The van der Waals surface area contributed by atoms with Crippen molar-refractivity contribution in [2.75, 3.05) is 6.61 Å². The molecule has 5 saturated carbocycles. The average molecular weight is 485 g/mol. The first-order chi connectivity index (χ1) is 16.2. The van der Waals surface area contributed by atoms with Crippen molar-refractivity contribution in [2.45, 2.75) is 119 Å². The molecule has 10 atom stereocenters. The zero-order valence-corrected chi connectivity index (χ0v) is 23.7. The van der Waals surface area contributed by atoms with Crippen molar-refractivity contribution in [1.29, 1.82) is 0 Å². The number of rotatable bonds is 3. The van der Waals surface area contributed by atoms with Gasteiger partial charge in [0, 0.05) is 12.3 Å². The van der Waals surface area contributed by atoms with Crippen molar-refractivity contribution in [1.82, 2.24) is 0 Å². The van der Waals surface area contributed by atoms with E-state index in [9.17, 15) is 9.90 Å². The van der Waals surface area contributed by atoms with E-state index in [-0.39, 0.29) is 22.9 Å². The van der Waals surface area contributed by atoms with E-state index >= 15 is 0 Å². The minimum Gasteiger partial charge on any atom is -0.465 e. The maximum Gasteiger partial charge on any atom is 0.302 e. The monoisotopic (exact) mass is 484 g/mol. The molecule has 0 spiro atoms. The summed E-state index contributed by atoms with van der Waals surface area (Å²) in [7, 11) is 0. The number of aliphatic hydroxyl groups excluding tert-OH is 1. The number of esters is 1. The topological polar surface area (TPSA) is 46.5 Å². The van der Waals surface area contributed by atoms with Gasteiger partial charge in [-0.1, -0.05) is 46.8 Å². The molecule has 3 heteroatoms. The zero-order valence-electron chi connectivity index (χ0n) is 23.7. The van der Waals surface area contributed by atoms with Crippen LogP contribution < -0.4 is 0 Å². The van der Waals surface area contributed by atoms with Crippen LogP contribution >= 0.6 is 0 Å². The zero-order chi connectivity index (χ0) is 25.6. The summed E-state index contributed by atoms with van der Waals surface area (Å²) in [5.41, 5.74) is 2.45. The van der Waals surface area contributed by atoms with Gasteiger partial charge >= 0.3 is 5.97 Å². The summed E-state index contributed by atoms with van der Waals surface area (Å²) in [6, 6.07) is 0. The molecule has 4 unspecified atom stereocenters. The fourth-order valence-corrected chi connectivity index (χ4v) is 11.8. The Kier molecular flexibility index (Phi) is 5.96. The van der Waals surface area contributed by atoms with E-state index in [0.717, 1.165) is 12.3 Å². The molecule has 0 aromatic rings. The molecule has 0 aromatic heterocycles. The van der Waals surface area contributed by atoms with Crippen molar-refractivity contribution in [2.24, 2.45) is 56.7 Å². The maximum absolute atomic E-state index is 11.9. The highest BCUT2D eigenvalue weighted by Gasteiger charge is 2.70. The van der Waals surface area contributed by atoms with E-state index in [0.29, 0.717) is 46.5 Å². The molecule has 0 amide bonds. The first kappa shape index (κ1) is 25.8. The van der Waals surface area contributed by atoms with Gasteiger partial charge in [0.1, 0.15) is 0 Å². The summed E-state index contributed by atoms with van der Waals surface area (Å²) >= 11 is 0. The van der Waals surface area contributed by atoms with Crippen molar-refractivity contribution in [3.63, 3.8) is 0 Å². The second kappa shape index (κ2) is 8.08. The third kappa shape index (κ3) is 3.34. The van der Waals surface area contributed by atoms with Gasteiger partial charge in [0.15, 0.2) is 0 Å². The van der Waals surface area contributed by atoms with Crippen LogP contribution in [0.1, 0.15) is 113 Å². The summed E-state index contributed by atoms with van der Waals surface area (Å²) in [5, 5.41) is 10.9. The Morgan fingerprint density at radius 3 is 2.23 bits per heavy atom. The van der Waals surface area contributed by atoms with E-state index < -0.39 is 0 Å². The second-order valence-corrected chi connectivity index (χ2v) is 15.2. The summed E-state index contributed by atoms with van der Waals surface area (Å²) in [6.45, 7) is 21.5. The van der Waals surface area contributed by atoms with Gasteiger partial charge in [-0.25, -0.2) is 0 Å². The van der Waals surface area contributed by atoms with E-state index in [4.69, 9.17) is 4.74 Å². The number of fused-ring (bicyclic) bond motifs is 7. The van der Waals surface area contributed by atoms with Crippen LogP contribution in [0.5, 0.6) is 0 Å². The summed E-state index contributed by atoms with van der Waals surface area (Å²) in [5.74, 6) is 3.04. The van der Waals surface area contributed by atoms with Crippen LogP contribution in [0.2, 0.25) is 0 Å². The highest BCUT2D eigenvalue weighted by Crippen LogP contribution is 2.77. The standard InChI is InChI=1S/C32H52O3/c1-20(2)22-11-16-32(19-35-21(3)33)18-17-30(7)23(27(22)32)9-10-25-29(6)14-13-26(34)28(4,5)24(29)12-15-31(25,30)8/h22-27,34H,1,9-19H2,2-8H3/t22-,23?,24?,25?,26-,27?,29-,30+,31+,32+/m0/s1. The van der Waals surface area contributed by atoms with Crippen LogP contribution in [0, 0.1) is 56.7 Å². The van der Waals surface area contributed by atoms with Crippen molar-refractivity contribution < 1.29 is 14.6 Å². The fourth-order valence-electron chi connectivity index (χ4n) is 11.8. The van der Waals surface area contributed by atoms with Crippen molar-refractivity contribution >= 4 is 5.97 Å². The Hall–Kier alpha value is -0.830. The highest BCUT2D eigenvalue weighted by atomic mass is 16.5. The van der Waals surface area contributed by atoms with Gasteiger partial charge in [-0.05, 0) is 122 Å². The van der Waals surface area contributed by atoms with E-state index in [1.54, 1.807) is 6.92 Å². The van der Waals surface area contributed by atoms with Crippen LogP contribution in [-0.2, 0) is 9.53 Å². The predicted octanol–water partition coefficient (Wildman–Crippen LogP) is 7.57. The van der Waals surface area contributed by atoms with E-state index in [2.05, 4.69) is 48.1 Å². The Labute approximate surface area is 214 Å². The lowest BCUT2D eigenvalue weighted by atomic mass is 9.32. The number of carbonyl (C=O) groups is 1. The number of hydrogen-bond donors (Lipinski definition) is 1. The smallest absolute Gasteiger partial charge is 0.302 e. The largest absolute Gasteiger partial charge is 0.465 e. The molecule has 5 aliphatic carbocycles. The number of ether oxygens (including phenoxy) is 1. The number of aliphatic hydroxyl groups is 1. The number of hydrogen-bond acceptors (Lipinski definition) is 3. The lowest BCUT2D eigenvalue weighted by Crippen LogP contribution is -2.66. The van der Waals surface area contributed by atoms with Gasteiger partial charge in [0.2, 0.25) is 0 Å². The second-order valence-electron chi connectivity index (χ2n) is 15.2. The molecule has 1 N–H and O–H groups in total. The molecule has 5 aliphatic rings. The molecular weight excluding hydrogens is 432 g/mol. The van der Waals surface area contributed by atoms with Gasteiger partial charge in [0.25, 0.3) is 0 Å².